The van der Waals surface area contributed by atoms with Gasteiger partial charge >= 0.3 is 0 Å². The second kappa shape index (κ2) is 4.35. The van der Waals surface area contributed by atoms with Gasteiger partial charge in [0, 0.05) is 11.1 Å². The number of fused-ring (bicyclic) bond motifs is 3. The Bertz CT molecular complexity index is 688. The molecule has 0 amide bonds. The summed E-state index contributed by atoms with van der Waals surface area (Å²) in [5, 5.41) is 58.5. The van der Waals surface area contributed by atoms with Crippen LogP contribution in [0.25, 0.3) is 11.1 Å². The van der Waals surface area contributed by atoms with Crippen LogP contribution in [0.15, 0.2) is 12.1 Å². The number of rotatable bonds is 0. The zero-order valence-electron chi connectivity index (χ0n) is 10.7. The number of phenolic OH excluding ortho intramolecular Hbond substituents is 6. The smallest absolute Gasteiger partial charge is 0.200 e. The van der Waals surface area contributed by atoms with Gasteiger partial charge in [0.1, 0.15) is 0 Å². The Balaban J connectivity index is 2.44. The lowest BCUT2D eigenvalue weighted by Gasteiger charge is -2.15. The van der Waals surface area contributed by atoms with Crippen molar-refractivity contribution in [2.45, 2.75) is 13.2 Å². The number of ether oxygens (including phenoxy) is 1. The molecule has 2 aromatic rings. The fourth-order valence-electron chi connectivity index (χ4n) is 2.45. The normalized spacial score (nSPS) is 13.3. The van der Waals surface area contributed by atoms with E-state index >= 15 is 0 Å². The molecule has 2 aromatic carbocycles. The van der Waals surface area contributed by atoms with Gasteiger partial charge in [-0.25, -0.2) is 0 Å². The molecular formula is C14H12O7. The van der Waals surface area contributed by atoms with Crippen LogP contribution in [0.2, 0.25) is 0 Å². The van der Waals surface area contributed by atoms with E-state index in [0.717, 1.165) is 0 Å². The lowest BCUT2D eigenvalue weighted by molar-refractivity contribution is 0.109. The van der Waals surface area contributed by atoms with E-state index in [0.29, 0.717) is 11.1 Å². The lowest BCUT2D eigenvalue weighted by Crippen LogP contribution is -1.91. The summed E-state index contributed by atoms with van der Waals surface area (Å²) >= 11 is 0. The second-order valence-electron chi connectivity index (χ2n) is 4.75. The van der Waals surface area contributed by atoms with Gasteiger partial charge in [0.2, 0.25) is 11.5 Å². The standard InChI is InChI=1S/C14H12O7/c15-7-1-5-3-21-4-6-2-8(16)12(18)14(20)10(6)9(5)13(19)11(7)17/h1-2,15-20H,3-4H2. The average molecular weight is 292 g/mol. The van der Waals surface area contributed by atoms with Gasteiger partial charge in [0.25, 0.3) is 0 Å². The van der Waals surface area contributed by atoms with Gasteiger partial charge in [-0.15, -0.1) is 0 Å². The van der Waals surface area contributed by atoms with Crippen LogP contribution in [0.3, 0.4) is 0 Å². The van der Waals surface area contributed by atoms with Crippen LogP contribution >= 0.6 is 0 Å². The highest BCUT2D eigenvalue weighted by atomic mass is 16.5. The summed E-state index contributed by atoms with van der Waals surface area (Å²) in [6, 6.07) is 2.39. The Hall–Kier alpha value is -2.80. The molecule has 6 N–H and O–H groups in total. The third-order valence-corrected chi connectivity index (χ3v) is 3.44. The van der Waals surface area contributed by atoms with Gasteiger partial charge in [-0.3, -0.25) is 0 Å². The van der Waals surface area contributed by atoms with E-state index < -0.39 is 34.5 Å². The largest absolute Gasteiger partial charge is 0.504 e. The molecule has 0 aliphatic carbocycles. The first-order chi connectivity index (χ1) is 9.91. The Morgan fingerprint density at radius 3 is 1.38 bits per heavy atom. The molecule has 7 heteroatoms. The van der Waals surface area contributed by atoms with Crippen LogP contribution in [0, 0.1) is 0 Å². The van der Waals surface area contributed by atoms with Crippen LogP contribution in [-0.4, -0.2) is 30.6 Å². The number of aromatic hydroxyl groups is 6. The second-order valence-corrected chi connectivity index (χ2v) is 4.75. The summed E-state index contributed by atoms with van der Waals surface area (Å²) in [6.45, 7) is 0.0127. The van der Waals surface area contributed by atoms with Crippen molar-refractivity contribution in [2.75, 3.05) is 0 Å². The molecule has 0 saturated carbocycles. The summed E-state index contributed by atoms with van der Waals surface area (Å²) in [6.07, 6.45) is 0. The van der Waals surface area contributed by atoms with Crippen molar-refractivity contribution in [1.29, 1.82) is 0 Å². The van der Waals surface area contributed by atoms with Crippen molar-refractivity contribution in [3.63, 3.8) is 0 Å². The first kappa shape index (κ1) is 13.2. The molecule has 0 saturated heterocycles. The average Bonchev–Trinajstić information content (AvgIpc) is 2.62. The molecule has 0 aromatic heterocycles. The van der Waals surface area contributed by atoms with Crippen molar-refractivity contribution in [3.05, 3.63) is 23.3 Å². The quantitative estimate of drug-likeness (QED) is 0.407. The zero-order valence-corrected chi connectivity index (χ0v) is 10.7. The summed E-state index contributed by atoms with van der Waals surface area (Å²) in [5.74, 6) is -3.82. The molecular weight excluding hydrogens is 280 g/mol. The van der Waals surface area contributed by atoms with Crippen LogP contribution in [0.5, 0.6) is 34.5 Å². The van der Waals surface area contributed by atoms with Gasteiger partial charge in [-0.2, -0.15) is 0 Å². The number of hydrogen-bond acceptors (Lipinski definition) is 7. The van der Waals surface area contributed by atoms with Gasteiger partial charge in [0.05, 0.1) is 13.2 Å². The molecule has 0 fully saturated rings. The zero-order chi connectivity index (χ0) is 15.3. The lowest BCUT2D eigenvalue weighted by atomic mass is 9.93. The topological polar surface area (TPSA) is 131 Å². The van der Waals surface area contributed by atoms with Gasteiger partial charge in [0.15, 0.2) is 23.0 Å². The van der Waals surface area contributed by atoms with Gasteiger partial charge in [-0.1, -0.05) is 0 Å². The van der Waals surface area contributed by atoms with E-state index in [9.17, 15) is 30.6 Å². The van der Waals surface area contributed by atoms with E-state index in [1.807, 2.05) is 0 Å². The maximum Gasteiger partial charge on any atom is 0.200 e. The Labute approximate surface area is 118 Å². The Kier molecular flexibility index (Phi) is 2.74. The number of benzene rings is 2. The highest BCUT2D eigenvalue weighted by Crippen LogP contribution is 2.53. The van der Waals surface area contributed by atoms with Crippen LogP contribution < -0.4 is 0 Å². The Morgan fingerprint density at radius 1 is 0.619 bits per heavy atom. The minimum atomic E-state index is -0.742. The van der Waals surface area contributed by atoms with Crippen LogP contribution in [0.1, 0.15) is 11.1 Å². The summed E-state index contributed by atoms with van der Waals surface area (Å²) in [4.78, 5) is 0. The van der Waals surface area contributed by atoms with Crippen molar-refractivity contribution in [2.24, 2.45) is 0 Å². The molecule has 110 valence electrons. The van der Waals surface area contributed by atoms with Gasteiger partial charge < -0.3 is 35.4 Å². The number of phenols is 6. The Morgan fingerprint density at radius 2 is 1.00 bits per heavy atom. The minimum Gasteiger partial charge on any atom is -0.504 e. The molecule has 0 atom stereocenters. The van der Waals surface area contributed by atoms with Crippen LogP contribution in [-0.2, 0) is 18.0 Å². The molecule has 1 aliphatic heterocycles. The van der Waals surface area contributed by atoms with Crippen molar-refractivity contribution in [1.82, 2.24) is 0 Å². The fourth-order valence-corrected chi connectivity index (χ4v) is 2.45. The van der Waals surface area contributed by atoms with Crippen molar-refractivity contribution < 1.29 is 35.4 Å². The summed E-state index contributed by atoms with van der Waals surface area (Å²) in [5.41, 5.74) is 0.708. The predicted octanol–water partition coefficient (Wildman–Crippen LogP) is 1.62. The van der Waals surface area contributed by atoms with E-state index in [-0.39, 0.29) is 24.3 Å². The molecule has 0 spiro atoms. The SMILES string of the molecule is Oc1cc2c(c(O)c1O)-c1c(cc(O)c(O)c1O)COC2. The molecule has 0 radical (unpaired) electrons. The molecule has 21 heavy (non-hydrogen) atoms. The predicted molar refractivity (Wildman–Crippen MR) is 70.4 cm³/mol. The third-order valence-electron chi connectivity index (χ3n) is 3.44. The fraction of sp³-hybridized carbons (Fsp3) is 0.143. The molecule has 7 nitrogen and oxygen atoms in total. The van der Waals surface area contributed by atoms with E-state index in [2.05, 4.69) is 0 Å². The minimum absolute atomic E-state index is 0.00633. The maximum absolute atomic E-state index is 10.1. The molecule has 0 unspecified atom stereocenters. The maximum atomic E-state index is 10.1. The highest BCUT2D eigenvalue weighted by Gasteiger charge is 2.28. The monoisotopic (exact) mass is 292 g/mol. The third kappa shape index (κ3) is 1.78. The van der Waals surface area contributed by atoms with Gasteiger partial charge in [-0.05, 0) is 23.3 Å². The van der Waals surface area contributed by atoms with Crippen LogP contribution in [0.4, 0.5) is 0 Å². The highest BCUT2D eigenvalue weighted by molar-refractivity contribution is 5.87. The van der Waals surface area contributed by atoms with E-state index in [4.69, 9.17) is 4.74 Å². The molecule has 0 bridgehead atoms. The summed E-state index contributed by atoms with van der Waals surface area (Å²) < 4.78 is 5.34. The van der Waals surface area contributed by atoms with E-state index in [1.165, 1.54) is 12.1 Å². The molecule has 3 rings (SSSR count). The number of hydrogen-bond donors (Lipinski definition) is 6. The molecule has 1 aliphatic rings. The van der Waals surface area contributed by atoms with E-state index in [1.54, 1.807) is 0 Å². The van der Waals surface area contributed by atoms with Crippen molar-refractivity contribution >= 4 is 0 Å². The first-order valence-corrected chi connectivity index (χ1v) is 6.03. The summed E-state index contributed by atoms with van der Waals surface area (Å²) in [7, 11) is 0. The molecule has 1 heterocycles. The first-order valence-electron chi connectivity index (χ1n) is 6.03. The van der Waals surface area contributed by atoms with Crippen molar-refractivity contribution in [3.8, 4) is 45.6 Å².